The topological polar surface area (TPSA) is 94.1 Å². The first-order valence-corrected chi connectivity index (χ1v) is 9.08. The fraction of sp³-hybridized carbons (Fsp3) is 0.400. The molecule has 26 heavy (non-hydrogen) atoms. The molecule has 6 nitrogen and oxygen atoms in total. The number of rotatable bonds is 3. The molecule has 136 valence electrons. The Bertz CT molecular complexity index is 922. The van der Waals surface area contributed by atoms with Crippen LogP contribution in [0, 0.1) is 13.8 Å². The maximum atomic E-state index is 10.0. The lowest BCUT2D eigenvalue weighted by atomic mass is 9.90. The fourth-order valence-corrected chi connectivity index (χ4v) is 3.64. The zero-order valence-electron chi connectivity index (χ0n) is 15.0. The van der Waals surface area contributed by atoms with Crippen LogP contribution in [0.25, 0.3) is 22.4 Å². The molecule has 1 fully saturated rings. The SMILES string of the molecule is Cc1[nH]c2nc(-c3ccccc3)nc(NC3CC[C@@H](O)[C@@H](O)C3)c2c1C. The van der Waals surface area contributed by atoms with Gasteiger partial charge in [-0.2, -0.15) is 0 Å². The molecular formula is C20H24N4O2. The number of hydrogen-bond acceptors (Lipinski definition) is 5. The Hall–Kier alpha value is -2.44. The highest BCUT2D eigenvalue weighted by atomic mass is 16.3. The molecule has 2 heterocycles. The molecule has 6 heteroatoms. The molecule has 4 N–H and O–H groups in total. The Morgan fingerprint density at radius 1 is 1.04 bits per heavy atom. The molecule has 0 bridgehead atoms. The first-order chi connectivity index (χ1) is 12.5. The molecule has 0 spiro atoms. The van der Waals surface area contributed by atoms with Gasteiger partial charge in [0.2, 0.25) is 0 Å². The van der Waals surface area contributed by atoms with Crippen molar-refractivity contribution in [2.24, 2.45) is 0 Å². The normalized spacial score (nSPS) is 23.3. The monoisotopic (exact) mass is 352 g/mol. The van der Waals surface area contributed by atoms with Gasteiger partial charge in [-0.1, -0.05) is 30.3 Å². The smallest absolute Gasteiger partial charge is 0.163 e. The number of aryl methyl sites for hydroxylation is 2. The molecule has 3 atom stereocenters. The predicted octanol–water partition coefficient (Wildman–Crippen LogP) is 2.93. The van der Waals surface area contributed by atoms with Crippen LogP contribution in [0.5, 0.6) is 0 Å². The molecule has 0 radical (unpaired) electrons. The Labute approximate surface area is 152 Å². The summed E-state index contributed by atoms with van der Waals surface area (Å²) in [6.45, 7) is 4.09. The standard InChI is InChI=1S/C20H24N4O2/c1-11-12(2)21-19-17(11)20(22-14-8-9-15(25)16(26)10-14)24-18(23-19)13-6-4-3-5-7-13/h3-7,14-16,25-26H,8-10H2,1-2H3,(H2,21,22,23,24)/t14?,15-,16+/m1/s1. The third kappa shape index (κ3) is 3.06. The van der Waals surface area contributed by atoms with Crippen molar-refractivity contribution in [2.75, 3.05) is 5.32 Å². The number of aromatic nitrogens is 3. The van der Waals surface area contributed by atoms with Crippen LogP contribution in [0.3, 0.4) is 0 Å². The van der Waals surface area contributed by atoms with Crippen molar-refractivity contribution in [1.82, 2.24) is 15.0 Å². The van der Waals surface area contributed by atoms with Crippen molar-refractivity contribution in [1.29, 1.82) is 0 Å². The van der Waals surface area contributed by atoms with E-state index in [0.29, 0.717) is 18.7 Å². The predicted molar refractivity (Wildman–Crippen MR) is 102 cm³/mol. The van der Waals surface area contributed by atoms with E-state index in [1.165, 1.54) is 0 Å². The number of nitrogens with zero attached hydrogens (tertiary/aromatic N) is 2. The zero-order valence-corrected chi connectivity index (χ0v) is 15.0. The zero-order chi connectivity index (χ0) is 18.3. The summed E-state index contributed by atoms with van der Waals surface area (Å²) in [4.78, 5) is 12.9. The average Bonchev–Trinajstić information content (AvgIpc) is 2.93. The van der Waals surface area contributed by atoms with Crippen LogP contribution in [-0.4, -0.2) is 43.4 Å². The van der Waals surface area contributed by atoms with E-state index < -0.39 is 12.2 Å². The van der Waals surface area contributed by atoms with Gasteiger partial charge in [-0.3, -0.25) is 0 Å². The van der Waals surface area contributed by atoms with Gasteiger partial charge in [0.1, 0.15) is 11.5 Å². The van der Waals surface area contributed by atoms with Gasteiger partial charge in [0.25, 0.3) is 0 Å². The maximum absolute atomic E-state index is 10.0. The number of H-pyrrole nitrogens is 1. The molecule has 1 aromatic carbocycles. The number of anilines is 1. The molecule has 3 aromatic rings. The summed E-state index contributed by atoms with van der Waals surface area (Å²) in [7, 11) is 0. The quantitative estimate of drug-likeness (QED) is 0.581. The lowest BCUT2D eigenvalue weighted by Crippen LogP contribution is -2.39. The van der Waals surface area contributed by atoms with Gasteiger partial charge in [0.15, 0.2) is 5.82 Å². The van der Waals surface area contributed by atoms with Crippen molar-refractivity contribution in [3.8, 4) is 11.4 Å². The summed E-state index contributed by atoms with van der Waals surface area (Å²) in [5, 5.41) is 24.3. The van der Waals surface area contributed by atoms with E-state index in [4.69, 9.17) is 9.97 Å². The second-order valence-corrected chi connectivity index (χ2v) is 7.15. The minimum Gasteiger partial charge on any atom is -0.390 e. The Balaban J connectivity index is 1.76. The second kappa shape index (κ2) is 6.70. The summed E-state index contributed by atoms with van der Waals surface area (Å²) in [6, 6.07) is 9.98. The van der Waals surface area contributed by atoms with E-state index in [1.807, 2.05) is 37.3 Å². The van der Waals surface area contributed by atoms with E-state index in [0.717, 1.165) is 40.1 Å². The number of aromatic amines is 1. The molecule has 1 aliphatic rings. The van der Waals surface area contributed by atoms with E-state index in [-0.39, 0.29) is 6.04 Å². The lowest BCUT2D eigenvalue weighted by Gasteiger charge is -2.31. The molecule has 0 aliphatic heterocycles. The highest BCUT2D eigenvalue weighted by Crippen LogP contribution is 2.31. The molecule has 4 rings (SSSR count). The summed E-state index contributed by atoms with van der Waals surface area (Å²) < 4.78 is 0. The lowest BCUT2D eigenvalue weighted by molar-refractivity contribution is -0.0120. The van der Waals surface area contributed by atoms with Crippen LogP contribution in [0.2, 0.25) is 0 Å². The van der Waals surface area contributed by atoms with Gasteiger partial charge in [0.05, 0.1) is 17.6 Å². The van der Waals surface area contributed by atoms with Crippen molar-refractivity contribution < 1.29 is 10.2 Å². The van der Waals surface area contributed by atoms with Crippen LogP contribution >= 0.6 is 0 Å². The Morgan fingerprint density at radius 3 is 2.54 bits per heavy atom. The van der Waals surface area contributed by atoms with Crippen LogP contribution in [0.15, 0.2) is 30.3 Å². The number of aliphatic hydroxyl groups is 2. The molecule has 1 aliphatic carbocycles. The highest BCUT2D eigenvalue weighted by molar-refractivity contribution is 5.92. The molecule has 0 amide bonds. The molecule has 2 aromatic heterocycles. The first-order valence-electron chi connectivity index (χ1n) is 9.08. The number of benzene rings is 1. The Morgan fingerprint density at radius 2 is 1.81 bits per heavy atom. The minimum absolute atomic E-state index is 0.0738. The minimum atomic E-state index is -0.693. The summed E-state index contributed by atoms with van der Waals surface area (Å²) in [5.74, 6) is 1.45. The molecule has 1 unspecified atom stereocenters. The van der Waals surface area contributed by atoms with E-state index in [1.54, 1.807) is 0 Å². The van der Waals surface area contributed by atoms with Gasteiger partial charge in [-0.05, 0) is 38.7 Å². The van der Waals surface area contributed by atoms with Gasteiger partial charge in [-0.25, -0.2) is 9.97 Å². The van der Waals surface area contributed by atoms with Crippen molar-refractivity contribution in [2.45, 2.75) is 51.4 Å². The van der Waals surface area contributed by atoms with Crippen LogP contribution in [0.1, 0.15) is 30.5 Å². The van der Waals surface area contributed by atoms with Crippen molar-refractivity contribution in [3.63, 3.8) is 0 Å². The highest BCUT2D eigenvalue weighted by Gasteiger charge is 2.28. The number of fused-ring (bicyclic) bond motifs is 1. The van der Waals surface area contributed by atoms with Crippen LogP contribution < -0.4 is 5.32 Å². The van der Waals surface area contributed by atoms with Crippen LogP contribution in [-0.2, 0) is 0 Å². The number of hydrogen-bond donors (Lipinski definition) is 4. The van der Waals surface area contributed by atoms with Gasteiger partial charge in [0, 0.05) is 17.3 Å². The first kappa shape index (κ1) is 17.0. The molecular weight excluding hydrogens is 328 g/mol. The summed E-state index contributed by atoms with van der Waals surface area (Å²) >= 11 is 0. The number of nitrogens with one attached hydrogen (secondary N) is 2. The van der Waals surface area contributed by atoms with E-state index in [9.17, 15) is 10.2 Å². The van der Waals surface area contributed by atoms with Gasteiger partial charge >= 0.3 is 0 Å². The average molecular weight is 352 g/mol. The van der Waals surface area contributed by atoms with Crippen molar-refractivity contribution in [3.05, 3.63) is 41.6 Å². The van der Waals surface area contributed by atoms with E-state index in [2.05, 4.69) is 17.2 Å². The maximum Gasteiger partial charge on any atom is 0.163 e. The fourth-order valence-electron chi connectivity index (χ4n) is 3.64. The molecule has 1 saturated carbocycles. The second-order valence-electron chi connectivity index (χ2n) is 7.15. The van der Waals surface area contributed by atoms with Gasteiger partial charge in [-0.15, -0.1) is 0 Å². The third-order valence-electron chi connectivity index (χ3n) is 5.31. The van der Waals surface area contributed by atoms with Crippen molar-refractivity contribution >= 4 is 16.9 Å². The van der Waals surface area contributed by atoms with Crippen LogP contribution in [0.4, 0.5) is 5.82 Å². The summed E-state index contributed by atoms with van der Waals surface area (Å²) in [5.41, 5.74) is 3.97. The summed E-state index contributed by atoms with van der Waals surface area (Å²) in [6.07, 6.45) is 0.572. The largest absolute Gasteiger partial charge is 0.390 e. The van der Waals surface area contributed by atoms with Gasteiger partial charge < -0.3 is 20.5 Å². The number of aliphatic hydroxyl groups excluding tert-OH is 2. The van der Waals surface area contributed by atoms with E-state index >= 15 is 0 Å². The Kier molecular flexibility index (Phi) is 4.38. The molecule has 0 saturated heterocycles. The third-order valence-corrected chi connectivity index (χ3v) is 5.31.